The molecule has 1 amide bonds. The van der Waals surface area contributed by atoms with Gasteiger partial charge in [0.15, 0.2) is 0 Å². The molecule has 0 aliphatic rings. The third kappa shape index (κ3) is 3.61. The van der Waals surface area contributed by atoms with Crippen molar-refractivity contribution in [3.63, 3.8) is 0 Å². The summed E-state index contributed by atoms with van der Waals surface area (Å²) in [4.78, 5) is 19.8. The van der Waals surface area contributed by atoms with Crippen LogP contribution < -0.4 is 11.1 Å². The fourth-order valence-electron chi connectivity index (χ4n) is 2.19. The molecule has 2 heterocycles. The lowest BCUT2D eigenvalue weighted by Crippen LogP contribution is -2.11. The van der Waals surface area contributed by atoms with E-state index in [0.717, 1.165) is 27.5 Å². The Hall–Kier alpha value is -2.57. The Bertz CT molecular complexity index is 799. The molecule has 0 aliphatic carbocycles. The Kier molecular flexibility index (Phi) is 4.45. The largest absolute Gasteiger partial charge is 0.326 e. The molecule has 1 unspecified atom stereocenters. The van der Waals surface area contributed by atoms with Crippen LogP contribution in [0.4, 0.5) is 5.69 Å². The molecule has 2 aromatic heterocycles. The molecule has 3 N–H and O–H groups in total. The van der Waals surface area contributed by atoms with Crippen LogP contribution in [0.25, 0.3) is 11.3 Å². The van der Waals surface area contributed by atoms with Gasteiger partial charge in [-0.15, -0.1) is 11.3 Å². The normalized spacial score (nSPS) is 11.9. The Morgan fingerprint density at radius 1 is 1.26 bits per heavy atom. The summed E-state index contributed by atoms with van der Waals surface area (Å²) in [5.74, 6) is -0.0869. The van der Waals surface area contributed by atoms with Gasteiger partial charge in [-0.1, -0.05) is 18.2 Å². The van der Waals surface area contributed by atoms with Crippen LogP contribution >= 0.6 is 11.3 Å². The Morgan fingerprint density at radius 3 is 2.70 bits per heavy atom. The van der Waals surface area contributed by atoms with E-state index in [9.17, 15) is 4.79 Å². The summed E-state index contributed by atoms with van der Waals surface area (Å²) in [5, 5.41) is 5.58. The van der Waals surface area contributed by atoms with Crippen molar-refractivity contribution in [2.75, 3.05) is 5.32 Å². The fourth-order valence-corrected chi connectivity index (χ4v) is 3.05. The van der Waals surface area contributed by atoms with Crippen LogP contribution in [0.5, 0.6) is 0 Å². The minimum Gasteiger partial charge on any atom is -0.326 e. The number of anilines is 1. The van der Waals surface area contributed by atoms with E-state index in [4.69, 9.17) is 5.73 Å². The van der Waals surface area contributed by atoms with Gasteiger partial charge in [-0.05, 0) is 23.8 Å². The standard InChI is InChI=1S/C17H16N4OS/c1-11(22)20-14-6-4-12(5-7-14)15-10-23-17(21-15)16(18)13-3-2-8-19-9-13/h2-10,16H,18H2,1H3,(H,20,22). The Balaban J connectivity index is 1.80. The third-order valence-electron chi connectivity index (χ3n) is 3.33. The summed E-state index contributed by atoms with van der Waals surface area (Å²) in [6, 6.07) is 11.1. The number of hydrogen-bond acceptors (Lipinski definition) is 5. The average molecular weight is 324 g/mol. The maximum Gasteiger partial charge on any atom is 0.221 e. The van der Waals surface area contributed by atoms with Gasteiger partial charge in [0.25, 0.3) is 0 Å². The predicted octanol–water partition coefficient (Wildman–Crippen LogP) is 3.21. The molecule has 116 valence electrons. The molecular formula is C17H16N4OS. The summed E-state index contributed by atoms with van der Waals surface area (Å²) >= 11 is 1.53. The number of nitrogens with zero attached hydrogens (tertiary/aromatic N) is 2. The van der Waals surface area contributed by atoms with Gasteiger partial charge in [-0.2, -0.15) is 0 Å². The zero-order valence-electron chi connectivity index (χ0n) is 12.6. The van der Waals surface area contributed by atoms with Gasteiger partial charge in [0.2, 0.25) is 5.91 Å². The van der Waals surface area contributed by atoms with Gasteiger partial charge in [-0.25, -0.2) is 4.98 Å². The van der Waals surface area contributed by atoms with E-state index in [1.807, 2.05) is 41.8 Å². The highest BCUT2D eigenvalue weighted by molar-refractivity contribution is 7.10. The van der Waals surface area contributed by atoms with E-state index >= 15 is 0 Å². The number of carbonyl (C=O) groups is 1. The zero-order chi connectivity index (χ0) is 16.2. The summed E-state index contributed by atoms with van der Waals surface area (Å²) in [5.41, 5.74) is 9.81. The monoisotopic (exact) mass is 324 g/mol. The van der Waals surface area contributed by atoms with E-state index in [-0.39, 0.29) is 11.9 Å². The number of nitrogens with one attached hydrogen (secondary N) is 1. The van der Waals surface area contributed by atoms with Crippen molar-refractivity contribution in [1.82, 2.24) is 9.97 Å². The highest BCUT2D eigenvalue weighted by atomic mass is 32.1. The van der Waals surface area contributed by atoms with Crippen molar-refractivity contribution >= 4 is 22.9 Å². The molecule has 1 atom stereocenters. The molecule has 0 spiro atoms. The second-order valence-electron chi connectivity index (χ2n) is 5.09. The number of amides is 1. The summed E-state index contributed by atoms with van der Waals surface area (Å²) in [7, 11) is 0. The maximum atomic E-state index is 11.0. The maximum absolute atomic E-state index is 11.0. The van der Waals surface area contributed by atoms with Gasteiger partial charge in [0, 0.05) is 35.9 Å². The van der Waals surface area contributed by atoms with Gasteiger partial charge >= 0.3 is 0 Å². The molecule has 0 saturated heterocycles. The van der Waals surface area contributed by atoms with Crippen molar-refractivity contribution in [1.29, 1.82) is 0 Å². The molecule has 5 nitrogen and oxygen atoms in total. The number of nitrogens with two attached hydrogens (primary N) is 1. The molecule has 23 heavy (non-hydrogen) atoms. The van der Waals surface area contributed by atoms with Crippen LogP contribution in [0, 0.1) is 0 Å². The van der Waals surface area contributed by atoms with Gasteiger partial charge in [-0.3, -0.25) is 9.78 Å². The average Bonchev–Trinajstić information content (AvgIpc) is 3.05. The third-order valence-corrected chi connectivity index (χ3v) is 4.26. The lowest BCUT2D eigenvalue weighted by molar-refractivity contribution is -0.114. The fraction of sp³-hybridized carbons (Fsp3) is 0.118. The second-order valence-corrected chi connectivity index (χ2v) is 5.98. The van der Waals surface area contributed by atoms with Crippen LogP contribution in [0.2, 0.25) is 0 Å². The summed E-state index contributed by atoms with van der Waals surface area (Å²) < 4.78 is 0. The number of pyridine rings is 1. The molecular weight excluding hydrogens is 308 g/mol. The highest BCUT2D eigenvalue weighted by Crippen LogP contribution is 2.28. The van der Waals surface area contributed by atoms with E-state index in [2.05, 4.69) is 15.3 Å². The zero-order valence-corrected chi connectivity index (χ0v) is 13.4. The SMILES string of the molecule is CC(=O)Nc1ccc(-c2csc(C(N)c3cccnc3)n2)cc1. The quantitative estimate of drug-likeness (QED) is 0.772. The lowest BCUT2D eigenvalue weighted by Gasteiger charge is -2.07. The molecule has 0 saturated carbocycles. The Labute approximate surface area is 138 Å². The summed E-state index contributed by atoms with van der Waals surface area (Å²) in [6.45, 7) is 1.49. The molecule has 3 rings (SSSR count). The van der Waals surface area contributed by atoms with E-state index in [1.54, 1.807) is 12.4 Å². The molecule has 0 aliphatic heterocycles. The second kappa shape index (κ2) is 6.68. The van der Waals surface area contributed by atoms with Crippen LogP contribution in [-0.4, -0.2) is 15.9 Å². The molecule has 0 bridgehead atoms. The minimum absolute atomic E-state index is 0.0869. The first-order valence-electron chi connectivity index (χ1n) is 7.12. The first-order chi connectivity index (χ1) is 11.1. The number of hydrogen-bond donors (Lipinski definition) is 2. The number of carbonyl (C=O) groups excluding carboxylic acids is 1. The van der Waals surface area contributed by atoms with Crippen molar-refractivity contribution in [3.05, 3.63) is 64.7 Å². The molecule has 0 radical (unpaired) electrons. The van der Waals surface area contributed by atoms with Gasteiger partial charge in [0.1, 0.15) is 5.01 Å². The van der Waals surface area contributed by atoms with Gasteiger partial charge in [0.05, 0.1) is 11.7 Å². The van der Waals surface area contributed by atoms with E-state index < -0.39 is 0 Å². The minimum atomic E-state index is -0.277. The molecule has 0 fully saturated rings. The Morgan fingerprint density at radius 2 is 2.04 bits per heavy atom. The van der Waals surface area contributed by atoms with Crippen LogP contribution in [0.15, 0.2) is 54.2 Å². The van der Waals surface area contributed by atoms with E-state index in [1.165, 1.54) is 18.3 Å². The number of thiazole rings is 1. The van der Waals surface area contributed by atoms with Crippen molar-refractivity contribution in [2.45, 2.75) is 13.0 Å². The number of benzene rings is 1. The molecule has 3 aromatic rings. The van der Waals surface area contributed by atoms with Crippen LogP contribution in [0.3, 0.4) is 0 Å². The first kappa shape index (κ1) is 15.3. The smallest absolute Gasteiger partial charge is 0.221 e. The van der Waals surface area contributed by atoms with Gasteiger partial charge < -0.3 is 11.1 Å². The van der Waals surface area contributed by atoms with Crippen molar-refractivity contribution < 1.29 is 4.79 Å². The first-order valence-corrected chi connectivity index (χ1v) is 8.00. The highest BCUT2D eigenvalue weighted by Gasteiger charge is 2.14. The summed E-state index contributed by atoms with van der Waals surface area (Å²) in [6.07, 6.45) is 3.48. The van der Waals surface area contributed by atoms with Crippen molar-refractivity contribution in [2.24, 2.45) is 5.73 Å². The number of rotatable bonds is 4. The number of aromatic nitrogens is 2. The lowest BCUT2D eigenvalue weighted by atomic mass is 10.1. The van der Waals surface area contributed by atoms with E-state index in [0.29, 0.717) is 0 Å². The van der Waals surface area contributed by atoms with Crippen molar-refractivity contribution in [3.8, 4) is 11.3 Å². The van der Waals surface area contributed by atoms with Crippen LogP contribution in [0.1, 0.15) is 23.5 Å². The molecule has 6 heteroatoms. The topological polar surface area (TPSA) is 80.9 Å². The predicted molar refractivity (Wildman–Crippen MR) is 92.1 cm³/mol. The molecule has 1 aromatic carbocycles. The van der Waals surface area contributed by atoms with Crippen LogP contribution in [-0.2, 0) is 4.79 Å².